The predicted molar refractivity (Wildman–Crippen MR) is 50.4 cm³/mol. The van der Waals surface area contributed by atoms with Crippen LogP contribution in [0.25, 0.3) is 0 Å². The van der Waals surface area contributed by atoms with Gasteiger partial charge in [0.05, 0.1) is 0 Å². The van der Waals surface area contributed by atoms with Crippen LogP contribution in [-0.2, 0) is 11.3 Å². The van der Waals surface area contributed by atoms with Gasteiger partial charge in [0, 0.05) is 6.92 Å². The summed E-state index contributed by atoms with van der Waals surface area (Å²) in [5, 5.41) is 0. The summed E-state index contributed by atoms with van der Waals surface area (Å²) in [6.07, 6.45) is -4.57. The van der Waals surface area contributed by atoms with E-state index >= 15 is 0 Å². The molecule has 0 amide bonds. The maximum absolute atomic E-state index is 11.8. The molecule has 0 heterocycles. The summed E-state index contributed by atoms with van der Waals surface area (Å²) in [6, 6.07) is 8.92. The number of aliphatic imine (C=N–C) groups is 1. The molecule has 0 radical (unpaired) electrons. The van der Waals surface area contributed by atoms with Crippen molar-refractivity contribution in [3.05, 3.63) is 35.9 Å². The molecular formula is C10H10F3NO. The van der Waals surface area contributed by atoms with Crippen molar-refractivity contribution in [1.82, 2.24) is 0 Å². The molecule has 82 valence electrons. The van der Waals surface area contributed by atoms with Gasteiger partial charge >= 0.3 is 6.30 Å². The highest BCUT2D eigenvalue weighted by Gasteiger charge is 2.26. The summed E-state index contributed by atoms with van der Waals surface area (Å²) < 4.78 is 40.1. The van der Waals surface area contributed by atoms with Crippen molar-refractivity contribution < 1.29 is 17.9 Å². The zero-order chi connectivity index (χ0) is 11.3. The summed E-state index contributed by atoms with van der Waals surface area (Å²) in [6.45, 7) is 1.27. The van der Waals surface area contributed by atoms with Gasteiger partial charge in [-0.2, -0.15) is 4.99 Å². The van der Waals surface area contributed by atoms with Gasteiger partial charge in [0.2, 0.25) is 0 Å². The molecule has 1 aromatic carbocycles. The molecule has 2 nitrogen and oxygen atoms in total. The maximum atomic E-state index is 11.8. The minimum atomic E-state index is -4.57. The molecule has 0 aliphatic heterocycles. The second-order valence-corrected chi connectivity index (χ2v) is 2.87. The Labute approximate surface area is 85.4 Å². The van der Waals surface area contributed by atoms with Gasteiger partial charge < -0.3 is 4.74 Å². The number of hydrogen-bond acceptors (Lipinski definition) is 2. The molecule has 0 fully saturated rings. The minimum absolute atomic E-state index is 0.0895. The van der Waals surface area contributed by atoms with Gasteiger partial charge in [0.15, 0.2) is 5.90 Å². The van der Waals surface area contributed by atoms with E-state index < -0.39 is 6.30 Å². The van der Waals surface area contributed by atoms with Crippen LogP contribution in [0.4, 0.5) is 13.2 Å². The molecule has 1 rings (SSSR count). The molecule has 0 aromatic heterocycles. The van der Waals surface area contributed by atoms with Crippen LogP contribution < -0.4 is 0 Å². The van der Waals surface area contributed by atoms with Gasteiger partial charge in [-0.25, -0.2) is 0 Å². The number of ether oxygens (including phenoxy) is 1. The highest BCUT2D eigenvalue weighted by Crippen LogP contribution is 2.16. The first-order valence-electron chi connectivity index (χ1n) is 4.27. The van der Waals surface area contributed by atoms with Gasteiger partial charge in [-0.15, -0.1) is 13.2 Å². The normalized spacial score (nSPS) is 12.7. The van der Waals surface area contributed by atoms with E-state index in [1.54, 1.807) is 24.3 Å². The smallest absolute Gasteiger partial charge is 0.476 e. The quantitative estimate of drug-likeness (QED) is 0.423. The molecule has 15 heavy (non-hydrogen) atoms. The first kappa shape index (κ1) is 11.6. The lowest BCUT2D eigenvalue weighted by Gasteiger charge is -2.06. The van der Waals surface area contributed by atoms with Crippen LogP contribution in [0.1, 0.15) is 12.5 Å². The summed E-state index contributed by atoms with van der Waals surface area (Å²) in [5.41, 5.74) is 0.800. The topological polar surface area (TPSA) is 21.6 Å². The van der Waals surface area contributed by atoms with Crippen molar-refractivity contribution in [3.8, 4) is 0 Å². The Hall–Kier alpha value is -1.52. The van der Waals surface area contributed by atoms with E-state index in [2.05, 4.69) is 4.99 Å². The Kier molecular flexibility index (Phi) is 3.71. The highest BCUT2D eigenvalue weighted by molar-refractivity contribution is 5.73. The number of nitrogens with zero attached hydrogens (tertiary/aromatic N) is 1. The van der Waals surface area contributed by atoms with Crippen LogP contribution in [0.3, 0.4) is 0 Å². The standard InChI is InChI=1S/C10H10F3NO/c1-8(14-10(11,12)13)15-7-9-5-3-2-4-6-9/h2-6H,7H2,1H3/b14-8+. The lowest BCUT2D eigenvalue weighted by atomic mass is 10.2. The fraction of sp³-hybridized carbons (Fsp3) is 0.300. The third-order valence-electron chi connectivity index (χ3n) is 1.57. The Bertz CT molecular complexity index is 332. The third kappa shape index (κ3) is 5.05. The van der Waals surface area contributed by atoms with E-state index in [1.807, 2.05) is 6.07 Å². The first-order valence-corrected chi connectivity index (χ1v) is 4.27. The molecule has 5 heteroatoms. The Morgan fingerprint density at radius 3 is 2.40 bits per heavy atom. The molecule has 1 aromatic rings. The summed E-state index contributed by atoms with van der Waals surface area (Å²) in [7, 11) is 0. The second-order valence-electron chi connectivity index (χ2n) is 2.87. The number of halogens is 3. The average molecular weight is 217 g/mol. The van der Waals surface area contributed by atoms with Gasteiger partial charge in [0.25, 0.3) is 0 Å². The number of benzene rings is 1. The highest BCUT2D eigenvalue weighted by atomic mass is 19.4. The van der Waals surface area contributed by atoms with Crippen LogP contribution in [0.2, 0.25) is 0 Å². The van der Waals surface area contributed by atoms with E-state index in [0.29, 0.717) is 0 Å². The number of rotatable bonds is 2. The molecule has 0 aliphatic carbocycles. The maximum Gasteiger partial charge on any atom is 0.506 e. The van der Waals surface area contributed by atoms with Crippen LogP contribution in [0.15, 0.2) is 35.3 Å². The van der Waals surface area contributed by atoms with Gasteiger partial charge in [-0.05, 0) is 5.56 Å². The van der Waals surface area contributed by atoms with Crippen molar-refractivity contribution in [2.45, 2.75) is 19.8 Å². The fourth-order valence-electron chi connectivity index (χ4n) is 0.973. The van der Waals surface area contributed by atoms with Crippen LogP contribution in [0.5, 0.6) is 0 Å². The molecule has 0 N–H and O–H groups in total. The molecule has 0 atom stereocenters. The lowest BCUT2D eigenvalue weighted by molar-refractivity contribution is -0.121. The molecular weight excluding hydrogens is 207 g/mol. The summed E-state index contributed by atoms with van der Waals surface area (Å²) in [4.78, 5) is 2.42. The van der Waals surface area contributed by atoms with E-state index in [0.717, 1.165) is 5.56 Å². The van der Waals surface area contributed by atoms with Gasteiger partial charge in [-0.1, -0.05) is 30.3 Å². The van der Waals surface area contributed by atoms with Crippen molar-refractivity contribution in [3.63, 3.8) is 0 Å². The van der Waals surface area contributed by atoms with Crippen LogP contribution in [-0.4, -0.2) is 12.2 Å². The molecule has 0 spiro atoms. The largest absolute Gasteiger partial charge is 0.506 e. The third-order valence-corrected chi connectivity index (χ3v) is 1.57. The molecule has 0 bridgehead atoms. The van der Waals surface area contributed by atoms with Crippen molar-refractivity contribution in [1.29, 1.82) is 0 Å². The zero-order valence-corrected chi connectivity index (χ0v) is 8.08. The zero-order valence-electron chi connectivity index (χ0n) is 8.08. The Morgan fingerprint density at radius 2 is 1.87 bits per heavy atom. The summed E-state index contributed by atoms with van der Waals surface area (Å²) in [5.74, 6) is -0.383. The Balaban J connectivity index is 2.48. The average Bonchev–Trinajstić information content (AvgIpc) is 2.14. The van der Waals surface area contributed by atoms with Crippen LogP contribution in [0, 0.1) is 0 Å². The second kappa shape index (κ2) is 4.82. The molecule has 0 unspecified atom stereocenters. The van der Waals surface area contributed by atoms with E-state index in [-0.39, 0.29) is 12.5 Å². The van der Waals surface area contributed by atoms with E-state index in [4.69, 9.17) is 4.74 Å². The Morgan fingerprint density at radius 1 is 1.27 bits per heavy atom. The predicted octanol–water partition coefficient (Wildman–Crippen LogP) is 3.14. The fourth-order valence-corrected chi connectivity index (χ4v) is 0.973. The van der Waals surface area contributed by atoms with Crippen LogP contribution >= 0.6 is 0 Å². The number of hydrogen-bond donors (Lipinski definition) is 0. The van der Waals surface area contributed by atoms with Crippen molar-refractivity contribution >= 4 is 5.90 Å². The molecule has 0 aliphatic rings. The molecule has 0 saturated heterocycles. The van der Waals surface area contributed by atoms with E-state index in [1.165, 1.54) is 6.92 Å². The van der Waals surface area contributed by atoms with Gasteiger partial charge in [0.1, 0.15) is 6.61 Å². The first-order chi connectivity index (χ1) is 6.97. The lowest BCUT2D eigenvalue weighted by Crippen LogP contribution is -2.09. The summed E-state index contributed by atoms with van der Waals surface area (Å²) >= 11 is 0. The monoisotopic (exact) mass is 217 g/mol. The van der Waals surface area contributed by atoms with E-state index in [9.17, 15) is 13.2 Å². The minimum Gasteiger partial charge on any atom is -0.476 e. The SMILES string of the molecule is C/C(=N\C(F)(F)F)OCc1ccccc1. The van der Waals surface area contributed by atoms with Gasteiger partial charge in [-0.3, -0.25) is 0 Å². The number of alkyl halides is 3. The van der Waals surface area contributed by atoms with Crippen molar-refractivity contribution in [2.75, 3.05) is 0 Å². The van der Waals surface area contributed by atoms with Crippen molar-refractivity contribution in [2.24, 2.45) is 4.99 Å². The molecule has 0 saturated carbocycles.